The second-order valence-electron chi connectivity index (χ2n) is 2.26. The molecule has 0 aliphatic heterocycles. The van der Waals surface area contributed by atoms with Gasteiger partial charge in [-0.2, -0.15) is 5.10 Å². The summed E-state index contributed by atoms with van der Waals surface area (Å²) in [5, 5.41) is 11.0. The molecule has 5 heteroatoms. The Balaban J connectivity index is 0.000000120. The van der Waals surface area contributed by atoms with E-state index >= 15 is 0 Å². The molecule has 0 saturated heterocycles. The van der Waals surface area contributed by atoms with E-state index in [2.05, 4.69) is 15.4 Å². The first-order chi connectivity index (χ1) is 5.79. The molecule has 0 spiro atoms. The maximum Gasteiger partial charge on any atom is 0.0692 e. The molecule has 0 radical (unpaired) electrons. The lowest BCUT2D eigenvalue weighted by Crippen LogP contribution is -1.85. The Hall–Kier alpha value is -1.65. The highest BCUT2D eigenvalue weighted by molar-refractivity contribution is 4.75. The maximum atomic E-state index is 3.83. The van der Waals surface area contributed by atoms with Crippen molar-refractivity contribution in [2.75, 3.05) is 0 Å². The van der Waals surface area contributed by atoms with E-state index in [9.17, 15) is 0 Å². The van der Waals surface area contributed by atoms with Gasteiger partial charge in [-0.3, -0.25) is 9.36 Å². The minimum absolute atomic E-state index is 1.64. The molecule has 0 aliphatic rings. The number of hydrogen-bond donors (Lipinski definition) is 0. The average Bonchev–Trinajstić information content (AvgIpc) is 2.63. The van der Waals surface area contributed by atoms with Crippen LogP contribution in [0.15, 0.2) is 30.9 Å². The molecular formula is C7H11N5. The quantitative estimate of drug-likeness (QED) is 0.561. The molecule has 0 aromatic carbocycles. The molecule has 0 fully saturated rings. The third-order valence-electron chi connectivity index (χ3n) is 1.18. The van der Waals surface area contributed by atoms with Crippen molar-refractivity contribution in [2.24, 2.45) is 14.1 Å². The summed E-state index contributed by atoms with van der Waals surface area (Å²) in [5.41, 5.74) is 0. The van der Waals surface area contributed by atoms with Crippen molar-refractivity contribution in [3.63, 3.8) is 0 Å². The molecule has 0 N–H and O–H groups in total. The summed E-state index contributed by atoms with van der Waals surface area (Å²) in [6, 6.07) is 1.89. The molecule has 0 unspecified atom stereocenters. The van der Waals surface area contributed by atoms with Gasteiger partial charge in [0.05, 0.1) is 6.20 Å². The first-order valence-electron chi connectivity index (χ1n) is 3.53. The fourth-order valence-electron chi connectivity index (χ4n) is 0.613. The van der Waals surface area contributed by atoms with E-state index in [-0.39, 0.29) is 0 Å². The molecule has 2 rings (SSSR count). The smallest absolute Gasteiger partial charge is 0.0692 e. The van der Waals surface area contributed by atoms with Gasteiger partial charge in [0.15, 0.2) is 0 Å². The summed E-state index contributed by atoms with van der Waals surface area (Å²) in [7, 11) is 3.72. The largest absolute Gasteiger partial charge is 0.276 e. The first-order valence-corrected chi connectivity index (χ1v) is 3.53. The Morgan fingerprint density at radius 2 is 1.83 bits per heavy atom. The van der Waals surface area contributed by atoms with Crippen LogP contribution in [0.3, 0.4) is 0 Å². The van der Waals surface area contributed by atoms with Crippen molar-refractivity contribution in [3.05, 3.63) is 30.9 Å². The van der Waals surface area contributed by atoms with Crippen LogP contribution in [0, 0.1) is 0 Å². The Morgan fingerprint density at radius 3 is 2.00 bits per heavy atom. The number of nitrogens with zero attached hydrogens (tertiary/aromatic N) is 5. The summed E-state index contributed by atoms with van der Waals surface area (Å²) in [5.74, 6) is 0. The lowest BCUT2D eigenvalue weighted by molar-refractivity contribution is 0.715. The summed E-state index contributed by atoms with van der Waals surface area (Å²) in [6.07, 6.45) is 7.06. The summed E-state index contributed by atoms with van der Waals surface area (Å²) in [6.45, 7) is 0. The van der Waals surface area contributed by atoms with Crippen molar-refractivity contribution in [2.45, 2.75) is 0 Å². The predicted octanol–water partition coefficient (Wildman–Crippen LogP) is 0.235. The summed E-state index contributed by atoms with van der Waals surface area (Å²) in [4.78, 5) is 0. The van der Waals surface area contributed by atoms with Crippen LogP contribution in [0.25, 0.3) is 0 Å². The number of hydrogen-bond acceptors (Lipinski definition) is 3. The van der Waals surface area contributed by atoms with Crippen LogP contribution in [0.5, 0.6) is 0 Å². The predicted molar refractivity (Wildman–Crippen MR) is 44.2 cm³/mol. The van der Waals surface area contributed by atoms with Crippen molar-refractivity contribution >= 4 is 0 Å². The lowest BCUT2D eigenvalue weighted by Gasteiger charge is -1.77. The normalized spacial score (nSPS) is 8.83. The van der Waals surface area contributed by atoms with E-state index < -0.39 is 0 Å². The van der Waals surface area contributed by atoms with Crippen molar-refractivity contribution in [3.8, 4) is 0 Å². The molecule has 0 saturated carbocycles. The van der Waals surface area contributed by atoms with E-state index in [0.717, 1.165) is 0 Å². The van der Waals surface area contributed by atoms with Gasteiger partial charge in [0.2, 0.25) is 0 Å². The van der Waals surface area contributed by atoms with Crippen LogP contribution >= 0.6 is 0 Å². The SMILES string of the molecule is Cn1cccn1.Cn1ccnn1. The second kappa shape index (κ2) is 4.27. The highest BCUT2D eigenvalue weighted by Gasteiger charge is 1.71. The van der Waals surface area contributed by atoms with Gasteiger partial charge in [-0.1, -0.05) is 5.21 Å². The molecule has 5 nitrogen and oxygen atoms in total. The van der Waals surface area contributed by atoms with Gasteiger partial charge < -0.3 is 0 Å². The van der Waals surface area contributed by atoms with Crippen LogP contribution in [0.1, 0.15) is 0 Å². The van der Waals surface area contributed by atoms with Gasteiger partial charge in [-0.05, 0) is 6.07 Å². The topological polar surface area (TPSA) is 48.5 Å². The van der Waals surface area contributed by atoms with Crippen molar-refractivity contribution in [1.29, 1.82) is 0 Å². The monoisotopic (exact) mass is 165 g/mol. The van der Waals surface area contributed by atoms with E-state index in [1.165, 1.54) is 0 Å². The first kappa shape index (κ1) is 8.45. The van der Waals surface area contributed by atoms with Crippen LogP contribution in [-0.2, 0) is 14.1 Å². The van der Waals surface area contributed by atoms with Gasteiger partial charge in [0.1, 0.15) is 0 Å². The zero-order valence-corrected chi connectivity index (χ0v) is 7.12. The highest BCUT2D eigenvalue weighted by Crippen LogP contribution is 1.73. The standard InChI is InChI=1S/C4H6N2.C3H5N3/c1-6-4-2-3-5-6;1-6-3-2-4-5-6/h2-4H,1H3;2-3H,1H3. The minimum Gasteiger partial charge on any atom is -0.276 e. The van der Waals surface area contributed by atoms with Gasteiger partial charge in [0, 0.05) is 32.7 Å². The molecule has 0 atom stereocenters. The van der Waals surface area contributed by atoms with E-state index in [1.807, 2.05) is 26.4 Å². The minimum atomic E-state index is 1.64. The zero-order chi connectivity index (χ0) is 8.81. The van der Waals surface area contributed by atoms with E-state index in [0.29, 0.717) is 0 Å². The van der Waals surface area contributed by atoms with Crippen LogP contribution in [-0.4, -0.2) is 24.8 Å². The summed E-state index contributed by atoms with van der Waals surface area (Å²) < 4.78 is 3.39. The van der Waals surface area contributed by atoms with Gasteiger partial charge in [-0.25, -0.2) is 0 Å². The molecule has 0 bridgehead atoms. The molecular weight excluding hydrogens is 154 g/mol. The molecule has 0 amide bonds. The third kappa shape index (κ3) is 2.96. The van der Waals surface area contributed by atoms with Crippen molar-refractivity contribution < 1.29 is 0 Å². The van der Waals surface area contributed by atoms with E-state index in [4.69, 9.17) is 0 Å². The van der Waals surface area contributed by atoms with Crippen LogP contribution in [0.2, 0.25) is 0 Å². The summed E-state index contributed by atoms with van der Waals surface area (Å²) >= 11 is 0. The second-order valence-corrected chi connectivity index (χ2v) is 2.26. The third-order valence-corrected chi connectivity index (χ3v) is 1.18. The Kier molecular flexibility index (Phi) is 3.01. The molecule has 0 aliphatic carbocycles. The molecule has 2 aromatic rings. The maximum absolute atomic E-state index is 3.83. The van der Waals surface area contributed by atoms with Crippen LogP contribution in [0.4, 0.5) is 0 Å². The molecule has 12 heavy (non-hydrogen) atoms. The average molecular weight is 165 g/mol. The van der Waals surface area contributed by atoms with E-state index in [1.54, 1.807) is 28.0 Å². The van der Waals surface area contributed by atoms with Crippen LogP contribution < -0.4 is 0 Å². The number of rotatable bonds is 0. The number of aromatic nitrogens is 5. The molecule has 2 aromatic heterocycles. The molecule has 2 heterocycles. The van der Waals surface area contributed by atoms with Gasteiger partial charge in [-0.15, -0.1) is 5.10 Å². The lowest BCUT2D eigenvalue weighted by atomic mass is 10.8. The molecule has 64 valence electrons. The fraction of sp³-hybridized carbons (Fsp3) is 0.286. The fourth-order valence-corrected chi connectivity index (χ4v) is 0.613. The highest BCUT2D eigenvalue weighted by atomic mass is 15.4. The Morgan fingerprint density at radius 1 is 1.00 bits per heavy atom. The van der Waals surface area contributed by atoms with Gasteiger partial charge >= 0.3 is 0 Å². The number of aryl methyl sites for hydroxylation is 2. The zero-order valence-electron chi connectivity index (χ0n) is 7.12. The Labute approximate surface area is 70.6 Å². The van der Waals surface area contributed by atoms with Crippen molar-refractivity contribution in [1.82, 2.24) is 24.8 Å². The Bertz CT molecular complexity index is 251. The van der Waals surface area contributed by atoms with Gasteiger partial charge in [0.25, 0.3) is 0 Å².